The van der Waals surface area contributed by atoms with Crippen molar-refractivity contribution in [2.45, 2.75) is 6.92 Å². The Morgan fingerprint density at radius 2 is 1.84 bits per heavy atom. The summed E-state index contributed by atoms with van der Waals surface area (Å²) in [5.41, 5.74) is 5.53. The Morgan fingerprint density at radius 1 is 1.12 bits per heavy atom. The molecule has 3 N–H and O–H groups in total. The molecular weight excluding hydrogens is 411 g/mol. The van der Waals surface area contributed by atoms with E-state index in [1.165, 1.54) is 26.4 Å². The van der Waals surface area contributed by atoms with Crippen LogP contribution >= 0.6 is 0 Å². The Bertz CT molecular complexity index is 1220. The van der Waals surface area contributed by atoms with Crippen molar-refractivity contribution in [3.05, 3.63) is 82.4 Å². The number of phenolic OH excluding ortho intramolecular Hbond substituents is 1. The molecule has 164 valence electrons. The second-order valence-corrected chi connectivity index (χ2v) is 7.41. The summed E-state index contributed by atoms with van der Waals surface area (Å²) in [6.45, 7) is 2.20. The van der Waals surface area contributed by atoms with E-state index in [-0.39, 0.29) is 35.5 Å². The molecule has 1 amide bonds. The van der Waals surface area contributed by atoms with Gasteiger partial charge in [0.25, 0.3) is 5.91 Å². The van der Waals surface area contributed by atoms with Gasteiger partial charge >= 0.3 is 0 Å². The summed E-state index contributed by atoms with van der Waals surface area (Å²) >= 11 is 0. The van der Waals surface area contributed by atoms with E-state index < -0.39 is 0 Å². The molecule has 2 aromatic carbocycles. The molecule has 0 saturated heterocycles. The van der Waals surface area contributed by atoms with E-state index in [9.17, 15) is 14.3 Å². The van der Waals surface area contributed by atoms with E-state index in [4.69, 9.17) is 9.47 Å². The average Bonchev–Trinajstić information content (AvgIpc) is 3.41. The molecule has 1 aromatic heterocycles. The predicted molar refractivity (Wildman–Crippen MR) is 121 cm³/mol. The molecule has 0 aliphatic heterocycles. The first kappa shape index (κ1) is 21.2. The number of fused-ring (bicyclic) bond motifs is 1. The van der Waals surface area contributed by atoms with Crippen LogP contribution in [0.5, 0.6) is 17.2 Å². The van der Waals surface area contributed by atoms with Crippen molar-refractivity contribution in [3.63, 3.8) is 0 Å². The van der Waals surface area contributed by atoms with Crippen molar-refractivity contribution in [3.8, 4) is 17.2 Å². The number of hydrogen-bond acceptors (Lipinski definition) is 4. The number of aromatic nitrogens is 1. The lowest BCUT2D eigenvalue weighted by Gasteiger charge is -2.11. The number of nitrogens with one attached hydrogen (secondary N) is 2. The van der Waals surface area contributed by atoms with Gasteiger partial charge in [0.2, 0.25) is 5.75 Å². The van der Waals surface area contributed by atoms with Gasteiger partial charge < -0.3 is 24.9 Å². The van der Waals surface area contributed by atoms with Crippen molar-refractivity contribution in [2.24, 2.45) is 0 Å². The smallest absolute Gasteiger partial charge is 0.253 e. The third kappa shape index (κ3) is 3.85. The van der Waals surface area contributed by atoms with Gasteiger partial charge in [0.05, 0.1) is 19.8 Å². The van der Waals surface area contributed by atoms with Crippen LogP contribution in [-0.4, -0.2) is 36.8 Å². The van der Waals surface area contributed by atoms with Gasteiger partial charge in [-0.25, -0.2) is 4.39 Å². The number of benzene rings is 2. The molecule has 0 atom stereocenters. The number of phenols is 1. The molecule has 3 aromatic rings. The van der Waals surface area contributed by atoms with Gasteiger partial charge in [-0.05, 0) is 76.7 Å². The molecule has 0 spiro atoms. The highest BCUT2D eigenvalue weighted by molar-refractivity contribution is 6.06. The maximum atomic E-state index is 14.1. The topological polar surface area (TPSA) is 83.6 Å². The van der Waals surface area contributed by atoms with Gasteiger partial charge in [0.1, 0.15) is 5.82 Å². The van der Waals surface area contributed by atoms with E-state index in [0.717, 1.165) is 33.4 Å². The Morgan fingerprint density at radius 3 is 2.47 bits per heavy atom. The SMILES string of the molecule is COc1cc(C=C2C(C)=C(CNC(=O)c3cc[nH]c3)c3cc(F)ccc32)cc(OC)c1O. The Kier molecular flexibility index (Phi) is 5.73. The summed E-state index contributed by atoms with van der Waals surface area (Å²) in [5.74, 6) is -0.0649. The van der Waals surface area contributed by atoms with Crippen LogP contribution in [0, 0.1) is 5.82 Å². The summed E-state index contributed by atoms with van der Waals surface area (Å²) < 4.78 is 24.6. The Hall–Kier alpha value is -4.00. The number of aromatic hydroxyl groups is 1. The summed E-state index contributed by atoms with van der Waals surface area (Å²) in [7, 11) is 2.94. The molecular formula is C25H23FN2O4. The molecule has 0 unspecified atom stereocenters. The third-order valence-corrected chi connectivity index (χ3v) is 5.55. The lowest BCUT2D eigenvalue weighted by Crippen LogP contribution is -2.24. The third-order valence-electron chi connectivity index (χ3n) is 5.55. The highest BCUT2D eigenvalue weighted by Crippen LogP contribution is 2.44. The lowest BCUT2D eigenvalue weighted by molar-refractivity contribution is 0.0959. The van der Waals surface area contributed by atoms with E-state index in [2.05, 4.69) is 10.3 Å². The van der Waals surface area contributed by atoms with Gasteiger partial charge in [0, 0.05) is 18.9 Å². The molecule has 0 bridgehead atoms. The van der Waals surface area contributed by atoms with Gasteiger partial charge in [-0.3, -0.25) is 4.79 Å². The Labute approximate surface area is 185 Å². The number of H-pyrrole nitrogens is 1. The zero-order chi connectivity index (χ0) is 22.8. The van der Waals surface area contributed by atoms with E-state index in [1.54, 1.807) is 36.7 Å². The highest BCUT2D eigenvalue weighted by atomic mass is 19.1. The first-order chi connectivity index (χ1) is 15.4. The van der Waals surface area contributed by atoms with Crippen molar-refractivity contribution in [1.29, 1.82) is 0 Å². The molecule has 1 aliphatic carbocycles. The Balaban J connectivity index is 1.75. The van der Waals surface area contributed by atoms with Gasteiger partial charge in [-0.2, -0.15) is 0 Å². The minimum absolute atomic E-state index is 0.0773. The lowest BCUT2D eigenvalue weighted by atomic mass is 10.00. The van der Waals surface area contributed by atoms with Crippen LogP contribution in [0.3, 0.4) is 0 Å². The monoisotopic (exact) mass is 434 g/mol. The van der Waals surface area contributed by atoms with Crippen LogP contribution in [0.15, 0.2) is 54.4 Å². The molecule has 0 saturated carbocycles. The number of aromatic amines is 1. The van der Waals surface area contributed by atoms with E-state index in [0.29, 0.717) is 5.56 Å². The minimum Gasteiger partial charge on any atom is -0.502 e. The number of carbonyl (C=O) groups is 1. The minimum atomic E-state index is -0.347. The van der Waals surface area contributed by atoms with Crippen LogP contribution in [0.1, 0.15) is 34.0 Å². The maximum Gasteiger partial charge on any atom is 0.253 e. The van der Waals surface area contributed by atoms with E-state index >= 15 is 0 Å². The fraction of sp³-hybridized carbons (Fsp3) is 0.160. The van der Waals surface area contributed by atoms with Crippen molar-refractivity contribution in [1.82, 2.24) is 10.3 Å². The average molecular weight is 434 g/mol. The van der Waals surface area contributed by atoms with Crippen LogP contribution in [0.4, 0.5) is 4.39 Å². The number of rotatable bonds is 6. The molecule has 1 heterocycles. The molecule has 0 radical (unpaired) electrons. The van der Waals surface area contributed by atoms with Crippen LogP contribution in [-0.2, 0) is 0 Å². The largest absolute Gasteiger partial charge is 0.502 e. The number of hydrogen-bond donors (Lipinski definition) is 3. The molecule has 0 fully saturated rings. The zero-order valence-electron chi connectivity index (χ0n) is 18.0. The molecule has 1 aliphatic rings. The standard InChI is InChI=1S/C25H23FN2O4/c1-14-19(8-15-9-22(31-2)24(29)23(10-15)32-3)18-5-4-17(26)11-20(18)21(14)13-28-25(30)16-6-7-27-12-16/h4-12,27,29H,13H2,1-3H3,(H,28,30). The maximum absolute atomic E-state index is 14.1. The first-order valence-corrected chi connectivity index (χ1v) is 10.0. The number of halogens is 1. The second kappa shape index (κ2) is 8.63. The summed E-state index contributed by atoms with van der Waals surface area (Å²) in [4.78, 5) is 15.3. The summed E-state index contributed by atoms with van der Waals surface area (Å²) in [6, 6.07) is 9.72. The predicted octanol–water partition coefficient (Wildman–Crippen LogP) is 4.63. The van der Waals surface area contributed by atoms with Crippen LogP contribution < -0.4 is 14.8 Å². The number of allylic oxidation sites excluding steroid dienone is 2. The van der Waals surface area contributed by atoms with Crippen LogP contribution in [0.25, 0.3) is 17.2 Å². The first-order valence-electron chi connectivity index (χ1n) is 10.0. The number of amides is 1. The van der Waals surface area contributed by atoms with Crippen molar-refractivity contribution in [2.75, 3.05) is 20.8 Å². The number of methoxy groups -OCH3 is 2. The van der Waals surface area contributed by atoms with Gasteiger partial charge in [0.15, 0.2) is 11.5 Å². The molecule has 7 heteroatoms. The number of ether oxygens (including phenoxy) is 2. The fourth-order valence-corrected chi connectivity index (χ4v) is 3.88. The fourth-order valence-electron chi connectivity index (χ4n) is 3.88. The van der Waals surface area contributed by atoms with Crippen molar-refractivity contribution >= 4 is 23.1 Å². The van der Waals surface area contributed by atoms with E-state index in [1.807, 2.05) is 13.0 Å². The molecule has 32 heavy (non-hydrogen) atoms. The van der Waals surface area contributed by atoms with Gasteiger partial charge in [-0.1, -0.05) is 6.07 Å². The van der Waals surface area contributed by atoms with Gasteiger partial charge in [-0.15, -0.1) is 0 Å². The number of carbonyl (C=O) groups excluding carboxylic acids is 1. The molecule has 4 rings (SSSR count). The highest BCUT2D eigenvalue weighted by Gasteiger charge is 2.25. The zero-order valence-corrected chi connectivity index (χ0v) is 18.0. The second-order valence-electron chi connectivity index (χ2n) is 7.41. The quantitative estimate of drug-likeness (QED) is 0.528. The molecule has 6 nitrogen and oxygen atoms in total. The summed E-state index contributed by atoms with van der Waals surface area (Å²) in [6.07, 6.45) is 5.23. The van der Waals surface area contributed by atoms with Crippen LogP contribution in [0.2, 0.25) is 0 Å². The van der Waals surface area contributed by atoms with Crippen molar-refractivity contribution < 1.29 is 23.8 Å². The summed E-state index contributed by atoms with van der Waals surface area (Å²) in [5, 5.41) is 13.1. The normalized spacial score (nSPS) is 13.9.